The number of aromatic nitrogens is 2. The van der Waals surface area contributed by atoms with Gasteiger partial charge in [0.05, 0.1) is 5.39 Å². The Kier molecular flexibility index (Phi) is 2.83. The highest BCUT2D eigenvalue weighted by Gasteiger charge is 2.32. The molecule has 96 valence electrons. The van der Waals surface area contributed by atoms with Gasteiger partial charge < -0.3 is 5.32 Å². The van der Waals surface area contributed by atoms with Gasteiger partial charge in [-0.3, -0.25) is 5.43 Å². The van der Waals surface area contributed by atoms with Crippen LogP contribution in [0.2, 0.25) is 0 Å². The van der Waals surface area contributed by atoms with E-state index in [2.05, 4.69) is 40.6 Å². The van der Waals surface area contributed by atoms with E-state index < -0.39 is 0 Å². The SMILES string of the molecule is Cc1cc2c(NCC3CC3C)nc(NN)nc2s1. The van der Waals surface area contributed by atoms with E-state index in [1.165, 1.54) is 11.3 Å². The van der Waals surface area contributed by atoms with Gasteiger partial charge in [0.25, 0.3) is 0 Å². The molecule has 0 saturated heterocycles. The smallest absolute Gasteiger partial charge is 0.240 e. The lowest BCUT2D eigenvalue weighted by atomic mass is 10.3. The van der Waals surface area contributed by atoms with Gasteiger partial charge in [-0.15, -0.1) is 11.3 Å². The van der Waals surface area contributed by atoms with Crippen LogP contribution in [0.1, 0.15) is 18.2 Å². The third-order valence-electron chi connectivity index (χ3n) is 3.45. The minimum atomic E-state index is 0.468. The zero-order valence-electron chi connectivity index (χ0n) is 10.5. The van der Waals surface area contributed by atoms with Gasteiger partial charge in [-0.05, 0) is 31.2 Å². The van der Waals surface area contributed by atoms with E-state index in [-0.39, 0.29) is 0 Å². The van der Waals surface area contributed by atoms with Gasteiger partial charge in [-0.2, -0.15) is 4.98 Å². The predicted molar refractivity (Wildman–Crippen MR) is 75.7 cm³/mol. The largest absolute Gasteiger partial charge is 0.369 e. The van der Waals surface area contributed by atoms with Crippen molar-refractivity contribution in [2.24, 2.45) is 17.7 Å². The molecule has 0 aromatic carbocycles. The van der Waals surface area contributed by atoms with E-state index in [0.717, 1.165) is 34.4 Å². The molecule has 2 atom stereocenters. The summed E-state index contributed by atoms with van der Waals surface area (Å²) in [5, 5.41) is 4.52. The Bertz CT molecular complexity index is 579. The van der Waals surface area contributed by atoms with Crippen molar-refractivity contribution in [1.29, 1.82) is 0 Å². The molecular weight excluding hydrogens is 246 g/mol. The number of hydrogen-bond acceptors (Lipinski definition) is 6. The lowest BCUT2D eigenvalue weighted by Gasteiger charge is -2.07. The number of anilines is 2. The van der Waals surface area contributed by atoms with Gasteiger partial charge in [0.1, 0.15) is 10.6 Å². The lowest BCUT2D eigenvalue weighted by molar-refractivity contribution is 0.785. The maximum absolute atomic E-state index is 5.41. The van der Waals surface area contributed by atoms with Crippen molar-refractivity contribution in [2.75, 3.05) is 17.3 Å². The zero-order valence-corrected chi connectivity index (χ0v) is 11.3. The summed E-state index contributed by atoms with van der Waals surface area (Å²) in [6.45, 7) is 5.34. The molecule has 0 amide bonds. The Morgan fingerprint density at radius 3 is 2.94 bits per heavy atom. The summed E-state index contributed by atoms with van der Waals surface area (Å²) >= 11 is 1.66. The summed E-state index contributed by atoms with van der Waals surface area (Å²) in [5.41, 5.74) is 2.53. The van der Waals surface area contributed by atoms with E-state index >= 15 is 0 Å². The molecule has 18 heavy (non-hydrogen) atoms. The number of nitrogens with two attached hydrogens (primary N) is 1. The van der Waals surface area contributed by atoms with E-state index in [1.54, 1.807) is 11.3 Å². The van der Waals surface area contributed by atoms with Gasteiger partial charge >= 0.3 is 0 Å². The van der Waals surface area contributed by atoms with Gasteiger partial charge in [-0.1, -0.05) is 6.92 Å². The monoisotopic (exact) mass is 263 g/mol. The standard InChI is InChI=1S/C12H17N5S/c1-6-3-8(6)5-14-10-9-4-7(2)18-11(9)16-12(15-10)17-13/h4,6,8H,3,5,13H2,1-2H3,(H2,14,15,16,17). The second-order valence-electron chi connectivity index (χ2n) is 4.97. The van der Waals surface area contributed by atoms with Crippen LogP contribution in [0.15, 0.2) is 6.07 Å². The Balaban J connectivity index is 1.91. The van der Waals surface area contributed by atoms with Crippen molar-refractivity contribution in [3.8, 4) is 0 Å². The highest BCUT2D eigenvalue weighted by Crippen LogP contribution is 2.38. The van der Waals surface area contributed by atoms with Crippen LogP contribution < -0.4 is 16.6 Å². The molecule has 2 heterocycles. The first-order valence-electron chi connectivity index (χ1n) is 6.16. The molecule has 5 nitrogen and oxygen atoms in total. The summed E-state index contributed by atoms with van der Waals surface area (Å²) in [7, 11) is 0. The first-order valence-corrected chi connectivity index (χ1v) is 6.97. The number of fused-ring (bicyclic) bond motifs is 1. The van der Waals surface area contributed by atoms with Gasteiger partial charge in [0.15, 0.2) is 0 Å². The summed E-state index contributed by atoms with van der Waals surface area (Å²) in [5.74, 6) is 8.38. The van der Waals surface area contributed by atoms with Gasteiger partial charge in [0.2, 0.25) is 5.95 Å². The van der Waals surface area contributed by atoms with Crippen LogP contribution in [-0.2, 0) is 0 Å². The molecule has 0 spiro atoms. The first-order chi connectivity index (χ1) is 8.67. The topological polar surface area (TPSA) is 75.9 Å². The first kappa shape index (κ1) is 11.7. The van der Waals surface area contributed by atoms with Crippen LogP contribution in [0.3, 0.4) is 0 Å². The van der Waals surface area contributed by atoms with Crippen LogP contribution in [-0.4, -0.2) is 16.5 Å². The number of rotatable bonds is 4. The van der Waals surface area contributed by atoms with Crippen LogP contribution >= 0.6 is 11.3 Å². The van der Waals surface area contributed by atoms with Crippen LogP contribution in [0.5, 0.6) is 0 Å². The number of hydrogen-bond donors (Lipinski definition) is 3. The zero-order chi connectivity index (χ0) is 12.7. The number of aryl methyl sites for hydroxylation is 1. The number of thiophene rings is 1. The lowest BCUT2D eigenvalue weighted by Crippen LogP contribution is -2.13. The summed E-state index contributed by atoms with van der Waals surface area (Å²) < 4.78 is 0. The number of nitrogens with one attached hydrogen (secondary N) is 2. The van der Waals surface area contributed by atoms with E-state index in [1.807, 2.05) is 0 Å². The summed E-state index contributed by atoms with van der Waals surface area (Å²) in [6.07, 6.45) is 1.31. The highest BCUT2D eigenvalue weighted by molar-refractivity contribution is 7.18. The quantitative estimate of drug-likeness (QED) is 0.583. The molecule has 6 heteroatoms. The fourth-order valence-corrected chi connectivity index (χ4v) is 3.03. The minimum absolute atomic E-state index is 0.468. The predicted octanol–water partition coefficient (Wildman–Crippen LogP) is 2.35. The Morgan fingerprint density at radius 2 is 2.28 bits per heavy atom. The third-order valence-corrected chi connectivity index (χ3v) is 4.40. The molecule has 1 aliphatic rings. The van der Waals surface area contributed by atoms with Crippen molar-refractivity contribution >= 4 is 33.3 Å². The highest BCUT2D eigenvalue weighted by atomic mass is 32.1. The normalized spacial score (nSPS) is 22.2. The number of nitrogens with zero attached hydrogens (tertiary/aromatic N) is 2. The maximum atomic E-state index is 5.41. The molecular formula is C12H17N5S. The van der Waals surface area contributed by atoms with Crippen molar-refractivity contribution < 1.29 is 0 Å². The second kappa shape index (κ2) is 4.37. The molecule has 3 rings (SSSR count). The van der Waals surface area contributed by atoms with Crippen molar-refractivity contribution in [3.63, 3.8) is 0 Å². The minimum Gasteiger partial charge on any atom is -0.369 e. The average Bonchev–Trinajstić information content (AvgIpc) is 2.91. The average molecular weight is 263 g/mol. The molecule has 0 radical (unpaired) electrons. The molecule has 1 aliphatic carbocycles. The van der Waals surface area contributed by atoms with E-state index in [0.29, 0.717) is 5.95 Å². The molecule has 0 bridgehead atoms. The van der Waals surface area contributed by atoms with Crippen molar-refractivity contribution in [2.45, 2.75) is 20.3 Å². The molecule has 1 saturated carbocycles. The molecule has 2 aromatic rings. The van der Waals surface area contributed by atoms with E-state index in [9.17, 15) is 0 Å². The van der Waals surface area contributed by atoms with Crippen LogP contribution in [0.25, 0.3) is 10.2 Å². The second-order valence-corrected chi connectivity index (χ2v) is 6.20. The summed E-state index contributed by atoms with van der Waals surface area (Å²) in [6, 6.07) is 2.12. The number of nitrogen functional groups attached to an aromatic ring is 1. The van der Waals surface area contributed by atoms with Crippen molar-refractivity contribution in [1.82, 2.24) is 9.97 Å². The third kappa shape index (κ3) is 2.13. The van der Waals surface area contributed by atoms with Crippen LogP contribution in [0, 0.1) is 18.8 Å². The van der Waals surface area contributed by atoms with Gasteiger partial charge in [-0.25, -0.2) is 10.8 Å². The van der Waals surface area contributed by atoms with Crippen LogP contribution in [0.4, 0.5) is 11.8 Å². The molecule has 2 aromatic heterocycles. The fourth-order valence-electron chi connectivity index (χ4n) is 2.15. The molecule has 4 N–H and O–H groups in total. The molecule has 2 unspecified atom stereocenters. The van der Waals surface area contributed by atoms with Crippen molar-refractivity contribution in [3.05, 3.63) is 10.9 Å². The Labute approximate surface area is 110 Å². The Hall–Kier alpha value is -1.40. The van der Waals surface area contributed by atoms with Gasteiger partial charge in [0, 0.05) is 11.4 Å². The van der Waals surface area contributed by atoms with E-state index in [4.69, 9.17) is 5.84 Å². The summed E-state index contributed by atoms with van der Waals surface area (Å²) in [4.78, 5) is 11.0. The number of hydrazine groups is 1. The fraction of sp³-hybridized carbons (Fsp3) is 0.500. The molecule has 0 aliphatic heterocycles. The molecule has 1 fully saturated rings. The maximum Gasteiger partial charge on any atom is 0.240 e. The Morgan fingerprint density at radius 1 is 1.50 bits per heavy atom.